The Labute approximate surface area is 80.0 Å². The third-order valence-corrected chi connectivity index (χ3v) is 2.15. The van der Waals surface area contributed by atoms with Crippen LogP contribution < -0.4 is 0 Å². The summed E-state index contributed by atoms with van der Waals surface area (Å²) >= 11 is 0. The van der Waals surface area contributed by atoms with E-state index < -0.39 is 5.97 Å². The lowest BCUT2D eigenvalue weighted by Gasteiger charge is -2.11. The van der Waals surface area contributed by atoms with Gasteiger partial charge in [-0.2, -0.15) is 0 Å². The number of carbonyl (C=O) groups is 1. The van der Waals surface area contributed by atoms with Crippen LogP contribution in [0.4, 0.5) is 0 Å². The topological polar surface area (TPSA) is 37.3 Å². The standard InChI is InChI=1S/C11H18O2/c1-4-7-8-9(5-2)10(6-3)11(12)13/h10H,2,4,6-8H2,1,3H3,(H,12,13). The normalized spacial score (nSPS) is 11.8. The Morgan fingerprint density at radius 3 is 2.46 bits per heavy atom. The van der Waals surface area contributed by atoms with Gasteiger partial charge in [-0.3, -0.25) is 4.79 Å². The van der Waals surface area contributed by atoms with Gasteiger partial charge in [0.15, 0.2) is 0 Å². The second kappa shape index (κ2) is 6.50. The van der Waals surface area contributed by atoms with E-state index in [1.807, 2.05) is 6.92 Å². The molecule has 0 aliphatic heterocycles. The maximum absolute atomic E-state index is 10.8. The third kappa shape index (κ3) is 3.95. The summed E-state index contributed by atoms with van der Waals surface area (Å²) < 4.78 is 0. The lowest BCUT2D eigenvalue weighted by atomic mass is 9.93. The van der Waals surface area contributed by atoms with Crippen molar-refractivity contribution in [3.8, 4) is 0 Å². The van der Waals surface area contributed by atoms with Crippen molar-refractivity contribution in [2.24, 2.45) is 5.92 Å². The molecule has 0 aromatic rings. The highest BCUT2D eigenvalue weighted by atomic mass is 16.4. The van der Waals surface area contributed by atoms with Gasteiger partial charge in [0.05, 0.1) is 5.92 Å². The highest BCUT2D eigenvalue weighted by molar-refractivity contribution is 5.73. The zero-order valence-corrected chi connectivity index (χ0v) is 8.47. The van der Waals surface area contributed by atoms with Crippen LogP contribution in [0, 0.1) is 5.92 Å². The summed E-state index contributed by atoms with van der Waals surface area (Å²) in [4.78, 5) is 10.8. The quantitative estimate of drug-likeness (QED) is 0.641. The molecule has 0 radical (unpaired) electrons. The lowest BCUT2D eigenvalue weighted by Crippen LogP contribution is -2.14. The van der Waals surface area contributed by atoms with Crippen molar-refractivity contribution in [1.82, 2.24) is 0 Å². The van der Waals surface area contributed by atoms with Gasteiger partial charge in [0.2, 0.25) is 0 Å². The molecule has 0 amide bonds. The summed E-state index contributed by atoms with van der Waals surface area (Å²) in [6, 6.07) is 0. The lowest BCUT2D eigenvalue weighted by molar-refractivity contribution is -0.140. The minimum Gasteiger partial charge on any atom is -0.481 e. The molecule has 1 unspecified atom stereocenters. The molecule has 0 aliphatic carbocycles. The number of carboxylic acids is 1. The fourth-order valence-corrected chi connectivity index (χ4v) is 1.32. The summed E-state index contributed by atoms with van der Waals surface area (Å²) in [5, 5.41) is 8.89. The molecule has 0 aromatic heterocycles. The molecule has 0 bridgehead atoms. The smallest absolute Gasteiger partial charge is 0.311 e. The number of unbranched alkanes of at least 4 members (excludes halogenated alkanes) is 1. The molecule has 74 valence electrons. The Morgan fingerprint density at radius 2 is 2.15 bits per heavy atom. The number of aliphatic carboxylic acids is 1. The molecule has 0 heterocycles. The molecule has 1 N–H and O–H groups in total. The predicted molar refractivity (Wildman–Crippen MR) is 53.6 cm³/mol. The van der Waals surface area contributed by atoms with E-state index in [0.29, 0.717) is 6.42 Å². The van der Waals surface area contributed by atoms with E-state index >= 15 is 0 Å². The van der Waals surface area contributed by atoms with Gasteiger partial charge < -0.3 is 5.11 Å². The summed E-state index contributed by atoms with van der Waals surface area (Å²) in [7, 11) is 0. The molecule has 0 aromatic carbocycles. The molecule has 0 rings (SSSR count). The first-order chi connectivity index (χ1) is 6.17. The summed E-state index contributed by atoms with van der Waals surface area (Å²) in [5.74, 6) is -1.14. The monoisotopic (exact) mass is 182 g/mol. The third-order valence-electron chi connectivity index (χ3n) is 2.15. The van der Waals surface area contributed by atoms with Crippen LogP contribution in [0.2, 0.25) is 0 Å². The van der Waals surface area contributed by atoms with Crippen molar-refractivity contribution in [3.05, 3.63) is 17.9 Å². The molecule has 0 saturated carbocycles. The van der Waals surface area contributed by atoms with E-state index in [1.54, 1.807) is 0 Å². The van der Waals surface area contributed by atoms with Gasteiger partial charge in [0.25, 0.3) is 0 Å². The van der Waals surface area contributed by atoms with Crippen LogP contribution in [0.5, 0.6) is 0 Å². The summed E-state index contributed by atoms with van der Waals surface area (Å²) in [6.07, 6.45) is 3.52. The molecule has 0 aliphatic rings. The fourth-order valence-electron chi connectivity index (χ4n) is 1.32. The molecule has 2 heteroatoms. The molecular weight excluding hydrogens is 164 g/mol. The van der Waals surface area contributed by atoms with E-state index in [2.05, 4.69) is 19.2 Å². The molecule has 0 fully saturated rings. The largest absolute Gasteiger partial charge is 0.481 e. The van der Waals surface area contributed by atoms with Gasteiger partial charge in [-0.05, 0) is 24.8 Å². The van der Waals surface area contributed by atoms with Crippen LogP contribution in [0.1, 0.15) is 39.5 Å². The highest BCUT2D eigenvalue weighted by Crippen LogP contribution is 2.19. The van der Waals surface area contributed by atoms with Gasteiger partial charge in [-0.1, -0.05) is 26.8 Å². The van der Waals surface area contributed by atoms with Crippen molar-refractivity contribution in [1.29, 1.82) is 0 Å². The Balaban J connectivity index is 4.37. The van der Waals surface area contributed by atoms with Gasteiger partial charge >= 0.3 is 5.97 Å². The molecule has 0 saturated heterocycles. The zero-order chi connectivity index (χ0) is 10.3. The molecule has 2 nitrogen and oxygen atoms in total. The maximum Gasteiger partial charge on any atom is 0.311 e. The SMILES string of the molecule is C=C=C(CCCC)C(CC)C(=O)O. The predicted octanol–water partition coefficient (Wildman–Crippen LogP) is 3.00. The Morgan fingerprint density at radius 1 is 1.54 bits per heavy atom. The number of rotatable bonds is 6. The van der Waals surface area contributed by atoms with Crippen LogP contribution >= 0.6 is 0 Å². The van der Waals surface area contributed by atoms with Crippen LogP contribution in [-0.2, 0) is 4.79 Å². The van der Waals surface area contributed by atoms with Crippen LogP contribution in [0.3, 0.4) is 0 Å². The Bertz CT molecular complexity index is 212. The maximum atomic E-state index is 10.8. The fraction of sp³-hybridized carbons (Fsp3) is 0.636. The second-order valence-corrected chi connectivity index (χ2v) is 3.10. The van der Waals surface area contributed by atoms with Gasteiger partial charge in [-0.15, -0.1) is 5.73 Å². The summed E-state index contributed by atoms with van der Waals surface area (Å²) in [5.41, 5.74) is 3.60. The second-order valence-electron chi connectivity index (χ2n) is 3.10. The van der Waals surface area contributed by atoms with E-state index in [0.717, 1.165) is 24.8 Å². The first kappa shape index (κ1) is 12.0. The number of hydrogen-bond acceptors (Lipinski definition) is 1. The van der Waals surface area contributed by atoms with Crippen molar-refractivity contribution >= 4 is 5.97 Å². The first-order valence-corrected chi connectivity index (χ1v) is 4.78. The van der Waals surface area contributed by atoms with Crippen molar-refractivity contribution in [2.45, 2.75) is 39.5 Å². The van der Waals surface area contributed by atoms with E-state index in [1.165, 1.54) is 0 Å². The van der Waals surface area contributed by atoms with Crippen molar-refractivity contribution in [2.75, 3.05) is 0 Å². The minimum absolute atomic E-state index is 0.385. The zero-order valence-electron chi connectivity index (χ0n) is 8.47. The van der Waals surface area contributed by atoms with Crippen molar-refractivity contribution in [3.63, 3.8) is 0 Å². The van der Waals surface area contributed by atoms with E-state index in [-0.39, 0.29) is 5.92 Å². The van der Waals surface area contributed by atoms with Crippen LogP contribution in [0.25, 0.3) is 0 Å². The van der Waals surface area contributed by atoms with Crippen LogP contribution in [0.15, 0.2) is 17.9 Å². The molecular formula is C11H18O2. The van der Waals surface area contributed by atoms with Gasteiger partial charge in [0.1, 0.15) is 0 Å². The first-order valence-electron chi connectivity index (χ1n) is 4.78. The average Bonchev–Trinajstić information content (AvgIpc) is 2.11. The molecule has 0 spiro atoms. The number of carboxylic acid groups (broad SMARTS) is 1. The van der Waals surface area contributed by atoms with Crippen LogP contribution in [-0.4, -0.2) is 11.1 Å². The van der Waals surface area contributed by atoms with E-state index in [9.17, 15) is 4.79 Å². The minimum atomic E-state index is -0.759. The average molecular weight is 182 g/mol. The van der Waals surface area contributed by atoms with E-state index in [4.69, 9.17) is 5.11 Å². The summed E-state index contributed by atoms with van der Waals surface area (Å²) in [6.45, 7) is 7.50. The van der Waals surface area contributed by atoms with Gasteiger partial charge in [0, 0.05) is 0 Å². The van der Waals surface area contributed by atoms with Gasteiger partial charge in [-0.25, -0.2) is 0 Å². The number of hydrogen-bond donors (Lipinski definition) is 1. The Kier molecular flexibility index (Phi) is 5.99. The Hall–Kier alpha value is -1.01. The molecule has 13 heavy (non-hydrogen) atoms. The molecule has 1 atom stereocenters. The highest BCUT2D eigenvalue weighted by Gasteiger charge is 2.18. The van der Waals surface area contributed by atoms with Crippen molar-refractivity contribution < 1.29 is 9.90 Å².